The Morgan fingerprint density at radius 3 is 2.54 bits per heavy atom. The van der Waals surface area contributed by atoms with Crippen LogP contribution in [0.1, 0.15) is 12.0 Å². The number of carbonyl (C=O) groups excluding carboxylic acids is 1. The Morgan fingerprint density at radius 2 is 1.96 bits per heavy atom. The van der Waals surface area contributed by atoms with Gasteiger partial charge in [-0.3, -0.25) is 10.1 Å². The second-order valence-electron chi connectivity index (χ2n) is 5.63. The van der Waals surface area contributed by atoms with Gasteiger partial charge in [-0.1, -0.05) is 24.3 Å². The summed E-state index contributed by atoms with van der Waals surface area (Å²) in [5, 5.41) is 5.15. The van der Waals surface area contributed by atoms with E-state index >= 15 is 0 Å². The highest BCUT2D eigenvalue weighted by molar-refractivity contribution is 5.85. The molecule has 1 fully saturated rings. The van der Waals surface area contributed by atoms with Gasteiger partial charge in [0.15, 0.2) is 0 Å². The molecular formula is C17H19Cl2F2N3O2. The van der Waals surface area contributed by atoms with Crippen LogP contribution in [0.15, 0.2) is 48.7 Å². The number of rotatable bonds is 5. The maximum atomic E-state index is 13.1. The summed E-state index contributed by atoms with van der Waals surface area (Å²) in [7, 11) is 0. The first-order valence-electron chi connectivity index (χ1n) is 7.59. The molecule has 142 valence electrons. The highest BCUT2D eigenvalue weighted by atomic mass is 35.5. The van der Waals surface area contributed by atoms with E-state index in [2.05, 4.69) is 15.6 Å². The zero-order valence-corrected chi connectivity index (χ0v) is 15.3. The minimum Gasteiger partial charge on any atom is -0.439 e. The summed E-state index contributed by atoms with van der Waals surface area (Å²) in [4.78, 5) is 16.0. The fraction of sp³-hybridized carbons (Fsp3) is 0.294. The highest BCUT2D eigenvalue weighted by Crippen LogP contribution is 2.25. The number of para-hydroxylation sites is 1. The lowest BCUT2D eigenvalue weighted by molar-refractivity contribution is -0.123. The van der Waals surface area contributed by atoms with E-state index in [0.717, 1.165) is 5.56 Å². The Labute approximate surface area is 162 Å². The van der Waals surface area contributed by atoms with Gasteiger partial charge in [0.25, 0.3) is 5.92 Å². The first kappa shape index (κ1) is 22.1. The van der Waals surface area contributed by atoms with Gasteiger partial charge in [0.05, 0.1) is 12.6 Å². The molecule has 0 spiro atoms. The predicted octanol–water partition coefficient (Wildman–Crippen LogP) is 3.33. The molecule has 2 N–H and O–H groups in total. The average molecular weight is 406 g/mol. The van der Waals surface area contributed by atoms with Gasteiger partial charge in [0.1, 0.15) is 5.75 Å². The van der Waals surface area contributed by atoms with Crippen LogP contribution in [0, 0.1) is 0 Å². The number of pyridine rings is 1. The van der Waals surface area contributed by atoms with Crippen LogP contribution >= 0.6 is 24.8 Å². The number of amides is 1. The minimum absolute atomic E-state index is 0. The molecule has 1 saturated heterocycles. The number of hydrogen-bond donors (Lipinski definition) is 2. The van der Waals surface area contributed by atoms with Crippen molar-refractivity contribution in [2.45, 2.75) is 24.9 Å². The fourth-order valence-corrected chi connectivity index (χ4v) is 2.40. The number of halogens is 4. The Bertz CT molecular complexity index is 703. The van der Waals surface area contributed by atoms with Gasteiger partial charge in [-0.2, -0.15) is 0 Å². The van der Waals surface area contributed by atoms with E-state index in [4.69, 9.17) is 4.74 Å². The van der Waals surface area contributed by atoms with Crippen molar-refractivity contribution in [2.24, 2.45) is 0 Å². The molecule has 1 amide bonds. The molecule has 3 rings (SSSR count). The standard InChI is InChI=1S/C17H17F2N3O2.2ClH/c18-17(19)8-14(22-11-17)16(23)21-10-12-6-7-15(20-9-12)24-13-4-2-1-3-5-13;;/h1-7,9,14,22H,8,10-11H2,(H,21,23);2*1H. The first-order chi connectivity index (χ1) is 11.5. The summed E-state index contributed by atoms with van der Waals surface area (Å²) in [6, 6.07) is 11.9. The zero-order valence-electron chi connectivity index (χ0n) is 13.7. The van der Waals surface area contributed by atoms with E-state index in [9.17, 15) is 13.6 Å². The quantitative estimate of drug-likeness (QED) is 0.800. The molecule has 1 unspecified atom stereocenters. The number of ether oxygens (including phenoxy) is 1. The van der Waals surface area contributed by atoms with Gasteiger partial charge in [-0.25, -0.2) is 13.8 Å². The molecule has 1 atom stereocenters. The number of alkyl halides is 2. The third-order valence-corrected chi connectivity index (χ3v) is 3.66. The fourth-order valence-electron chi connectivity index (χ4n) is 2.40. The number of hydrogen-bond acceptors (Lipinski definition) is 4. The van der Waals surface area contributed by atoms with Crippen LogP contribution in [0.2, 0.25) is 0 Å². The molecule has 5 nitrogen and oxygen atoms in total. The second kappa shape index (κ2) is 9.66. The molecule has 0 bridgehead atoms. The third kappa shape index (κ3) is 6.09. The predicted molar refractivity (Wildman–Crippen MR) is 98.5 cm³/mol. The largest absolute Gasteiger partial charge is 0.439 e. The van der Waals surface area contributed by atoms with Crippen molar-refractivity contribution in [1.82, 2.24) is 15.6 Å². The smallest absolute Gasteiger partial charge is 0.262 e. The third-order valence-electron chi connectivity index (χ3n) is 3.66. The molecular weight excluding hydrogens is 387 g/mol. The molecule has 1 aliphatic rings. The van der Waals surface area contributed by atoms with Gasteiger partial charge < -0.3 is 10.1 Å². The lowest BCUT2D eigenvalue weighted by Gasteiger charge is -2.11. The van der Waals surface area contributed by atoms with E-state index < -0.39 is 30.8 Å². The Morgan fingerprint density at radius 1 is 1.23 bits per heavy atom. The topological polar surface area (TPSA) is 63.2 Å². The number of benzene rings is 1. The summed E-state index contributed by atoms with van der Waals surface area (Å²) in [5.74, 6) is -2.13. The molecule has 26 heavy (non-hydrogen) atoms. The average Bonchev–Trinajstić information content (AvgIpc) is 2.95. The second-order valence-corrected chi connectivity index (χ2v) is 5.63. The van der Waals surface area contributed by atoms with Crippen LogP contribution in [0.25, 0.3) is 0 Å². The normalized spacial score (nSPS) is 17.5. The number of nitrogens with zero attached hydrogens (tertiary/aromatic N) is 1. The molecule has 2 aromatic rings. The van der Waals surface area contributed by atoms with E-state index in [1.54, 1.807) is 18.3 Å². The lowest BCUT2D eigenvalue weighted by atomic mass is 10.2. The van der Waals surface area contributed by atoms with Crippen LogP contribution in [0.4, 0.5) is 8.78 Å². The van der Waals surface area contributed by atoms with Gasteiger partial charge >= 0.3 is 0 Å². The van der Waals surface area contributed by atoms with Crippen LogP contribution in [-0.4, -0.2) is 29.4 Å². The summed E-state index contributed by atoms with van der Waals surface area (Å²) < 4.78 is 31.7. The Balaban J connectivity index is 0.00000169. The first-order valence-corrected chi connectivity index (χ1v) is 7.59. The van der Waals surface area contributed by atoms with Crippen molar-refractivity contribution in [3.8, 4) is 11.6 Å². The van der Waals surface area contributed by atoms with Crippen molar-refractivity contribution < 1.29 is 18.3 Å². The maximum absolute atomic E-state index is 13.1. The monoisotopic (exact) mass is 405 g/mol. The summed E-state index contributed by atoms with van der Waals surface area (Å²) >= 11 is 0. The molecule has 9 heteroatoms. The lowest BCUT2D eigenvalue weighted by Crippen LogP contribution is -2.40. The Hall–Kier alpha value is -1.96. The van der Waals surface area contributed by atoms with Crippen LogP contribution in [0.3, 0.4) is 0 Å². The summed E-state index contributed by atoms with van der Waals surface area (Å²) in [6.07, 6.45) is 1.11. The molecule has 1 aliphatic heterocycles. The van der Waals surface area contributed by atoms with E-state index in [1.807, 2.05) is 30.3 Å². The molecule has 0 saturated carbocycles. The maximum Gasteiger partial charge on any atom is 0.262 e. The molecule has 1 aromatic carbocycles. The molecule has 1 aromatic heterocycles. The van der Waals surface area contributed by atoms with Crippen molar-refractivity contribution in [3.63, 3.8) is 0 Å². The number of aromatic nitrogens is 1. The van der Waals surface area contributed by atoms with Gasteiger partial charge in [-0.05, 0) is 17.7 Å². The van der Waals surface area contributed by atoms with Crippen molar-refractivity contribution in [1.29, 1.82) is 0 Å². The zero-order chi connectivity index (χ0) is 17.0. The molecule has 0 radical (unpaired) electrons. The van der Waals surface area contributed by atoms with E-state index in [1.165, 1.54) is 0 Å². The summed E-state index contributed by atoms with van der Waals surface area (Å²) in [6.45, 7) is -0.237. The SMILES string of the molecule is Cl.Cl.O=C(NCc1ccc(Oc2ccccc2)nc1)C1CC(F)(F)CN1. The number of nitrogens with one attached hydrogen (secondary N) is 2. The van der Waals surface area contributed by atoms with Gasteiger partial charge in [-0.15, -0.1) is 24.8 Å². The van der Waals surface area contributed by atoms with E-state index in [-0.39, 0.29) is 31.4 Å². The van der Waals surface area contributed by atoms with Crippen LogP contribution in [0.5, 0.6) is 11.6 Å². The van der Waals surface area contributed by atoms with E-state index in [0.29, 0.717) is 11.6 Å². The summed E-state index contributed by atoms with van der Waals surface area (Å²) in [5.41, 5.74) is 0.758. The highest BCUT2D eigenvalue weighted by Gasteiger charge is 2.42. The molecule has 2 heterocycles. The van der Waals surface area contributed by atoms with Crippen molar-refractivity contribution in [3.05, 3.63) is 54.2 Å². The Kier molecular flexibility index (Phi) is 8.20. The van der Waals surface area contributed by atoms with Crippen molar-refractivity contribution in [2.75, 3.05) is 6.54 Å². The van der Waals surface area contributed by atoms with Gasteiger partial charge in [0.2, 0.25) is 11.8 Å². The molecule has 0 aliphatic carbocycles. The van der Waals surface area contributed by atoms with Gasteiger partial charge in [0, 0.05) is 25.2 Å². The van der Waals surface area contributed by atoms with Crippen molar-refractivity contribution >= 4 is 30.7 Å². The van der Waals surface area contributed by atoms with Crippen LogP contribution < -0.4 is 15.4 Å². The minimum atomic E-state index is -2.82. The number of carbonyl (C=O) groups is 1. The van der Waals surface area contributed by atoms with Crippen LogP contribution in [-0.2, 0) is 11.3 Å².